The van der Waals surface area contributed by atoms with Crippen LogP contribution in [0.25, 0.3) is 0 Å². The van der Waals surface area contributed by atoms with Gasteiger partial charge in [0.25, 0.3) is 5.69 Å². The standard InChI is InChI=1S/C13H17N3O4S/c17-16(18)11-2-1-3-13(8-11)21(19,20)15-10-4-5-12(15)9-14-7-6-10/h1-3,8,10,12,14H,4-7,9H2. The Bertz CT molecular complexity index is 647. The number of sulfonamides is 1. The van der Waals surface area contributed by atoms with E-state index in [1.165, 1.54) is 18.2 Å². The number of hydrogen-bond donors (Lipinski definition) is 1. The summed E-state index contributed by atoms with van der Waals surface area (Å²) < 4.78 is 27.3. The molecule has 8 heteroatoms. The van der Waals surface area contributed by atoms with E-state index in [-0.39, 0.29) is 22.7 Å². The molecule has 2 unspecified atom stereocenters. The summed E-state index contributed by atoms with van der Waals surface area (Å²) in [6, 6.07) is 5.24. The van der Waals surface area contributed by atoms with Crippen LogP contribution in [0.3, 0.4) is 0 Å². The van der Waals surface area contributed by atoms with Crippen LogP contribution in [0.5, 0.6) is 0 Å². The van der Waals surface area contributed by atoms with Gasteiger partial charge in [-0.25, -0.2) is 8.42 Å². The second kappa shape index (κ2) is 5.36. The number of benzene rings is 1. The molecule has 0 spiro atoms. The van der Waals surface area contributed by atoms with Crippen molar-refractivity contribution in [2.75, 3.05) is 13.1 Å². The Hall–Kier alpha value is -1.51. The fourth-order valence-electron chi connectivity index (χ4n) is 3.21. The predicted octanol–water partition coefficient (Wildman–Crippen LogP) is 1.11. The van der Waals surface area contributed by atoms with Crippen LogP contribution >= 0.6 is 0 Å². The molecule has 0 amide bonds. The molecule has 7 nitrogen and oxygen atoms in total. The van der Waals surface area contributed by atoms with Crippen LogP contribution in [0.15, 0.2) is 29.2 Å². The Balaban J connectivity index is 2.00. The van der Waals surface area contributed by atoms with E-state index in [1.54, 1.807) is 4.31 Å². The van der Waals surface area contributed by atoms with Crippen molar-refractivity contribution in [3.05, 3.63) is 34.4 Å². The number of rotatable bonds is 3. The Morgan fingerprint density at radius 1 is 1.24 bits per heavy atom. The molecule has 2 fully saturated rings. The maximum absolute atomic E-state index is 12.9. The van der Waals surface area contributed by atoms with Crippen LogP contribution in [0, 0.1) is 10.1 Å². The number of nitrogens with zero attached hydrogens (tertiary/aromatic N) is 2. The van der Waals surface area contributed by atoms with E-state index in [0.29, 0.717) is 6.54 Å². The molecule has 2 atom stereocenters. The van der Waals surface area contributed by atoms with Crippen molar-refractivity contribution in [2.45, 2.75) is 36.2 Å². The monoisotopic (exact) mass is 311 g/mol. The number of nitrogens with one attached hydrogen (secondary N) is 1. The zero-order valence-corrected chi connectivity index (χ0v) is 12.3. The molecule has 1 aromatic carbocycles. The van der Waals surface area contributed by atoms with Gasteiger partial charge in [-0.2, -0.15) is 4.31 Å². The Morgan fingerprint density at radius 3 is 2.76 bits per heavy atom. The molecule has 114 valence electrons. The molecular formula is C13H17N3O4S. The Kier molecular flexibility index (Phi) is 3.68. The van der Waals surface area contributed by atoms with Crippen LogP contribution in [-0.4, -0.2) is 42.8 Å². The third-order valence-corrected chi connectivity index (χ3v) is 6.19. The summed E-state index contributed by atoms with van der Waals surface area (Å²) in [6.07, 6.45) is 2.48. The summed E-state index contributed by atoms with van der Waals surface area (Å²) in [6.45, 7) is 1.45. The predicted molar refractivity (Wildman–Crippen MR) is 76.4 cm³/mol. The van der Waals surface area contributed by atoms with E-state index in [1.807, 2.05) is 0 Å². The summed E-state index contributed by atoms with van der Waals surface area (Å²) in [5.41, 5.74) is -0.198. The molecule has 2 aliphatic rings. The molecule has 2 aliphatic heterocycles. The highest BCUT2D eigenvalue weighted by molar-refractivity contribution is 7.89. The fraction of sp³-hybridized carbons (Fsp3) is 0.538. The third kappa shape index (κ3) is 2.54. The van der Waals surface area contributed by atoms with Gasteiger partial charge in [-0.1, -0.05) is 6.07 Å². The lowest BCUT2D eigenvalue weighted by atomic mass is 10.1. The minimum absolute atomic E-state index is 0.00531. The first-order valence-electron chi connectivity index (χ1n) is 6.99. The topological polar surface area (TPSA) is 92.5 Å². The molecule has 1 aromatic rings. The molecule has 1 N–H and O–H groups in total. The molecular weight excluding hydrogens is 294 g/mol. The SMILES string of the molecule is O=[N+]([O-])c1cccc(S(=O)(=O)N2C3CCNCC2CC3)c1. The average molecular weight is 311 g/mol. The van der Waals surface area contributed by atoms with Crippen molar-refractivity contribution < 1.29 is 13.3 Å². The van der Waals surface area contributed by atoms with Crippen molar-refractivity contribution >= 4 is 15.7 Å². The van der Waals surface area contributed by atoms with Crippen molar-refractivity contribution in [2.24, 2.45) is 0 Å². The van der Waals surface area contributed by atoms with Crippen LogP contribution in [0.4, 0.5) is 5.69 Å². The van der Waals surface area contributed by atoms with E-state index in [2.05, 4.69) is 5.32 Å². The molecule has 0 aromatic heterocycles. The summed E-state index contributed by atoms with van der Waals surface area (Å²) >= 11 is 0. The van der Waals surface area contributed by atoms with E-state index < -0.39 is 14.9 Å². The molecule has 21 heavy (non-hydrogen) atoms. The molecule has 3 rings (SSSR count). The summed E-state index contributed by atoms with van der Waals surface area (Å²) in [5.74, 6) is 0. The third-order valence-electron chi connectivity index (χ3n) is 4.19. The van der Waals surface area contributed by atoms with Gasteiger partial charge in [0.2, 0.25) is 10.0 Å². The largest absolute Gasteiger partial charge is 0.315 e. The molecule has 0 radical (unpaired) electrons. The van der Waals surface area contributed by atoms with E-state index in [4.69, 9.17) is 0 Å². The van der Waals surface area contributed by atoms with Crippen LogP contribution < -0.4 is 5.32 Å². The van der Waals surface area contributed by atoms with Crippen molar-refractivity contribution in [3.8, 4) is 0 Å². The maximum atomic E-state index is 12.9. The quantitative estimate of drug-likeness (QED) is 0.667. The average Bonchev–Trinajstić information content (AvgIpc) is 2.73. The highest BCUT2D eigenvalue weighted by atomic mass is 32.2. The summed E-state index contributed by atoms with van der Waals surface area (Å²) in [4.78, 5) is 10.3. The molecule has 2 saturated heterocycles. The smallest absolute Gasteiger partial charge is 0.270 e. The van der Waals surface area contributed by atoms with Gasteiger partial charge < -0.3 is 5.32 Å². The minimum Gasteiger partial charge on any atom is -0.315 e. The number of nitro benzene ring substituents is 1. The Labute approximate surface area is 123 Å². The first kappa shape index (κ1) is 14.4. The highest BCUT2D eigenvalue weighted by Gasteiger charge is 2.43. The number of nitro groups is 1. The van der Waals surface area contributed by atoms with Gasteiger partial charge in [0.15, 0.2) is 0 Å². The van der Waals surface area contributed by atoms with E-state index >= 15 is 0 Å². The first-order valence-corrected chi connectivity index (χ1v) is 8.43. The lowest BCUT2D eigenvalue weighted by Gasteiger charge is -2.26. The molecule has 2 bridgehead atoms. The van der Waals surface area contributed by atoms with Crippen molar-refractivity contribution in [1.82, 2.24) is 9.62 Å². The zero-order chi connectivity index (χ0) is 15.0. The normalized spacial score (nSPS) is 26.5. The zero-order valence-electron chi connectivity index (χ0n) is 11.4. The van der Waals surface area contributed by atoms with Gasteiger partial charge in [-0.15, -0.1) is 0 Å². The second-order valence-corrected chi connectivity index (χ2v) is 7.31. The number of fused-ring (bicyclic) bond motifs is 2. The van der Waals surface area contributed by atoms with Crippen LogP contribution in [0.1, 0.15) is 19.3 Å². The lowest BCUT2D eigenvalue weighted by Crippen LogP contribution is -2.42. The number of hydrogen-bond acceptors (Lipinski definition) is 5. The second-order valence-electron chi connectivity index (χ2n) is 5.47. The maximum Gasteiger partial charge on any atom is 0.270 e. The highest BCUT2D eigenvalue weighted by Crippen LogP contribution is 2.34. The summed E-state index contributed by atoms with van der Waals surface area (Å²) in [7, 11) is -3.69. The van der Waals surface area contributed by atoms with Gasteiger partial charge >= 0.3 is 0 Å². The minimum atomic E-state index is -3.69. The molecule has 0 saturated carbocycles. The van der Waals surface area contributed by atoms with E-state index in [9.17, 15) is 18.5 Å². The number of non-ortho nitro benzene ring substituents is 1. The Morgan fingerprint density at radius 2 is 2.00 bits per heavy atom. The van der Waals surface area contributed by atoms with Gasteiger partial charge in [-0.3, -0.25) is 10.1 Å². The van der Waals surface area contributed by atoms with Gasteiger partial charge in [-0.05, 0) is 31.9 Å². The van der Waals surface area contributed by atoms with Gasteiger partial charge in [0.05, 0.1) is 9.82 Å². The fourth-order valence-corrected chi connectivity index (χ4v) is 5.15. The van der Waals surface area contributed by atoms with Crippen LogP contribution in [0.2, 0.25) is 0 Å². The van der Waals surface area contributed by atoms with Gasteiger partial charge in [0, 0.05) is 30.8 Å². The van der Waals surface area contributed by atoms with Crippen molar-refractivity contribution in [1.29, 1.82) is 0 Å². The molecule has 0 aliphatic carbocycles. The molecule has 2 heterocycles. The first-order chi connectivity index (χ1) is 10.00. The lowest BCUT2D eigenvalue weighted by molar-refractivity contribution is -0.385. The van der Waals surface area contributed by atoms with Crippen LogP contribution in [-0.2, 0) is 10.0 Å². The van der Waals surface area contributed by atoms with E-state index in [0.717, 1.165) is 31.9 Å². The van der Waals surface area contributed by atoms with Gasteiger partial charge in [0.1, 0.15) is 0 Å². The summed E-state index contributed by atoms with van der Waals surface area (Å²) in [5, 5.41) is 14.1. The van der Waals surface area contributed by atoms with Crippen molar-refractivity contribution in [3.63, 3.8) is 0 Å².